The molecule has 0 aromatic heterocycles. The molecule has 0 fully saturated rings. The van der Waals surface area contributed by atoms with E-state index in [9.17, 15) is 24.1 Å². The van der Waals surface area contributed by atoms with E-state index in [4.69, 9.17) is 16.3 Å². The SMILES string of the molecule is C[C@@H](OC(=O)c1cc(Cl)ccc1[N+](=O)[O-])C(=O)Nc1ccc(F)cc1. The van der Waals surface area contributed by atoms with Gasteiger partial charge < -0.3 is 10.1 Å². The maximum atomic E-state index is 12.8. The molecule has 0 aliphatic rings. The molecule has 1 atom stereocenters. The number of ether oxygens (including phenoxy) is 1. The van der Waals surface area contributed by atoms with E-state index in [-0.39, 0.29) is 10.6 Å². The van der Waals surface area contributed by atoms with Crippen LogP contribution in [-0.4, -0.2) is 22.9 Å². The summed E-state index contributed by atoms with van der Waals surface area (Å²) in [6.07, 6.45) is -1.24. The van der Waals surface area contributed by atoms with Crippen LogP contribution in [0.2, 0.25) is 5.02 Å². The van der Waals surface area contributed by atoms with E-state index in [0.29, 0.717) is 5.69 Å². The fourth-order valence-corrected chi connectivity index (χ4v) is 2.06. The van der Waals surface area contributed by atoms with Crippen LogP contribution in [0.1, 0.15) is 17.3 Å². The van der Waals surface area contributed by atoms with Crippen LogP contribution in [0.3, 0.4) is 0 Å². The Balaban J connectivity index is 2.09. The molecule has 0 spiro atoms. The highest BCUT2D eigenvalue weighted by Crippen LogP contribution is 2.24. The number of carbonyl (C=O) groups is 2. The summed E-state index contributed by atoms with van der Waals surface area (Å²) in [4.78, 5) is 34.3. The van der Waals surface area contributed by atoms with Crippen LogP contribution in [0, 0.1) is 15.9 Å². The van der Waals surface area contributed by atoms with Gasteiger partial charge in [0, 0.05) is 16.8 Å². The topological polar surface area (TPSA) is 98.5 Å². The Kier molecular flexibility index (Phi) is 5.66. The van der Waals surface area contributed by atoms with Crippen molar-refractivity contribution in [3.63, 3.8) is 0 Å². The maximum Gasteiger partial charge on any atom is 0.345 e. The van der Waals surface area contributed by atoms with Gasteiger partial charge in [-0.2, -0.15) is 0 Å². The second-order valence-electron chi connectivity index (χ2n) is 4.96. The number of nitrogens with one attached hydrogen (secondary N) is 1. The maximum absolute atomic E-state index is 12.8. The van der Waals surface area contributed by atoms with Crippen LogP contribution in [0.4, 0.5) is 15.8 Å². The van der Waals surface area contributed by atoms with Crippen molar-refractivity contribution < 1.29 is 23.6 Å². The van der Waals surface area contributed by atoms with Gasteiger partial charge in [0.1, 0.15) is 11.4 Å². The number of amides is 1. The van der Waals surface area contributed by atoms with Crippen molar-refractivity contribution in [2.24, 2.45) is 0 Å². The zero-order valence-electron chi connectivity index (χ0n) is 12.9. The highest BCUT2D eigenvalue weighted by Gasteiger charge is 2.25. The van der Waals surface area contributed by atoms with E-state index in [0.717, 1.165) is 24.3 Å². The number of esters is 1. The molecule has 1 amide bonds. The first kappa shape index (κ1) is 18.3. The third-order valence-electron chi connectivity index (χ3n) is 3.14. The Morgan fingerprint density at radius 3 is 2.48 bits per heavy atom. The Bertz CT molecular complexity index is 826. The molecule has 0 radical (unpaired) electrons. The summed E-state index contributed by atoms with van der Waals surface area (Å²) in [5.74, 6) is -2.20. The second-order valence-corrected chi connectivity index (χ2v) is 5.40. The number of hydrogen-bond acceptors (Lipinski definition) is 5. The third kappa shape index (κ3) is 4.74. The van der Waals surface area contributed by atoms with Gasteiger partial charge in [-0.25, -0.2) is 9.18 Å². The lowest BCUT2D eigenvalue weighted by atomic mass is 10.2. The summed E-state index contributed by atoms with van der Waals surface area (Å²) in [7, 11) is 0. The molecule has 130 valence electrons. The summed E-state index contributed by atoms with van der Waals surface area (Å²) in [5, 5.41) is 13.5. The summed E-state index contributed by atoms with van der Waals surface area (Å²) in [6, 6.07) is 8.41. The molecule has 9 heteroatoms. The number of carbonyl (C=O) groups excluding carboxylic acids is 2. The fourth-order valence-electron chi connectivity index (χ4n) is 1.89. The van der Waals surface area contributed by atoms with E-state index in [1.54, 1.807) is 0 Å². The lowest BCUT2D eigenvalue weighted by molar-refractivity contribution is -0.385. The van der Waals surface area contributed by atoms with Gasteiger partial charge in [0.2, 0.25) is 0 Å². The lowest BCUT2D eigenvalue weighted by Gasteiger charge is -2.13. The van der Waals surface area contributed by atoms with Gasteiger partial charge in [-0.15, -0.1) is 0 Å². The summed E-state index contributed by atoms with van der Waals surface area (Å²) in [6.45, 7) is 1.30. The quantitative estimate of drug-likeness (QED) is 0.495. The van der Waals surface area contributed by atoms with Gasteiger partial charge in [0.25, 0.3) is 11.6 Å². The number of nitro benzene ring substituents is 1. The Labute approximate surface area is 146 Å². The van der Waals surface area contributed by atoms with Crippen LogP contribution in [0.5, 0.6) is 0 Å². The average molecular weight is 367 g/mol. The highest BCUT2D eigenvalue weighted by molar-refractivity contribution is 6.31. The number of hydrogen-bond donors (Lipinski definition) is 1. The van der Waals surface area contributed by atoms with Crippen molar-refractivity contribution in [1.82, 2.24) is 0 Å². The van der Waals surface area contributed by atoms with Gasteiger partial charge in [-0.1, -0.05) is 11.6 Å². The molecule has 0 saturated carbocycles. The van der Waals surface area contributed by atoms with E-state index >= 15 is 0 Å². The monoisotopic (exact) mass is 366 g/mol. The minimum Gasteiger partial charge on any atom is -0.449 e. The zero-order valence-corrected chi connectivity index (χ0v) is 13.6. The van der Waals surface area contributed by atoms with Crippen LogP contribution < -0.4 is 5.32 Å². The van der Waals surface area contributed by atoms with Gasteiger partial charge >= 0.3 is 5.97 Å². The lowest BCUT2D eigenvalue weighted by Crippen LogP contribution is -2.30. The molecule has 0 aliphatic heterocycles. The van der Waals surface area contributed by atoms with Gasteiger partial charge in [0.15, 0.2) is 6.10 Å². The molecule has 0 aliphatic carbocycles. The Hall–Kier alpha value is -3.00. The van der Waals surface area contributed by atoms with Crippen LogP contribution in [0.25, 0.3) is 0 Å². The molecular weight excluding hydrogens is 355 g/mol. The van der Waals surface area contributed by atoms with Crippen molar-refractivity contribution >= 4 is 34.9 Å². The minimum atomic E-state index is -1.24. The smallest absolute Gasteiger partial charge is 0.345 e. The molecule has 0 bridgehead atoms. The normalized spacial score (nSPS) is 11.5. The molecule has 2 aromatic carbocycles. The number of nitrogens with zero attached hydrogens (tertiary/aromatic N) is 1. The summed E-state index contributed by atoms with van der Waals surface area (Å²) >= 11 is 5.74. The molecule has 7 nitrogen and oxygen atoms in total. The van der Waals surface area contributed by atoms with Crippen molar-refractivity contribution in [1.29, 1.82) is 0 Å². The van der Waals surface area contributed by atoms with E-state index in [1.165, 1.54) is 25.1 Å². The number of nitro groups is 1. The first-order valence-corrected chi connectivity index (χ1v) is 7.37. The molecule has 2 aromatic rings. The van der Waals surface area contributed by atoms with Crippen molar-refractivity contribution in [2.75, 3.05) is 5.32 Å². The van der Waals surface area contributed by atoms with Gasteiger partial charge in [0.05, 0.1) is 4.92 Å². The molecule has 25 heavy (non-hydrogen) atoms. The minimum absolute atomic E-state index is 0.112. The summed E-state index contributed by atoms with van der Waals surface area (Å²) in [5.41, 5.74) is -0.539. The van der Waals surface area contributed by atoms with Gasteiger partial charge in [-0.05, 0) is 43.3 Å². The molecular formula is C16H12ClFN2O5. The molecule has 0 unspecified atom stereocenters. The van der Waals surface area contributed by atoms with Crippen molar-refractivity contribution in [2.45, 2.75) is 13.0 Å². The number of anilines is 1. The van der Waals surface area contributed by atoms with Crippen molar-refractivity contribution in [3.05, 3.63) is 69.0 Å². The Morgan fingerprint density at radius 1 is 1.24 bits per heavy atom. The number of benzene rings is 2. The molecule has 1 N–H and O–H groups in total. The standard InChI is InChI=1S/C16H12ClFN2O5/c1-9(15(21)19-12-5-3-11(18)4-6-12)25-16(22)13-8-10(17)2-7-14(13)20(23)24/h2-9H,1H3,(H,19,21)/t9-/m1/s1. The van der Waals surface area contributed by atoms with E-state index in [1.807, 2.05) is 0 Å². The molecule has 0 heterocycles. The van der Waals surface area contributed by atoms with E-state index < -0.39 is 34.4 Å². The predicted molar refractivity (Wildman–Crippen MR) is 88.0 cm³/mol. The van der Waals surface area contributed by atoms with E-state index in [2.05, 4.69) is 5.32 Å². The number of halogens is 2. The van der Waals surface area contributed by atoms with Crippen LogP contribution in [-0.2, 0) is 9.53 Å². The van der Waals surface area contributed by atoms with Crippen LogP contribution in [0.15, 0.2) is 42.5 Å². The first-order valence-electron chi connectivity index (χ1n) is 6.99. The highest BCUT2D eigenvalue weighted by atomic mass is 35.5. The third-order valence-corrected chi connectivity index (χ3v) is 3.38. The fraction of sp³-hybridized carbons (Fsp3) is 0.125. The average Bonchev–Trinajstić information content (AvgIpc) is 2.56. The van der Waals surface area contributed by atoms with Crippen molar-refractivity contribution in [3.8, 4) is 0 Å². The number of rotatable bonds is 5. The molecule has 0 saturated heterocycles. The zero-order chi connectivity index (χ0) is 18.6. The predicted octanol–water partition coefficient (Wildman–Crippen LogP) is 3.57. The Morgan fingerprint density at radius 2 is 1.88 bits per heavy atom. The summed E-state index contributed by atoms with van der Waals surface area (Å²) < 4.78 is 17.8. The molecule has 2 rings (SSSR count). The first-order chi connectivity index (χ1) is 11.8. The van der Waals surface area contributed by atoms with Gasteiger partial charge in [-0.3, -0.25) is 14.9 Å². The largest absolute Gasteiger partial charge is 0.449 e. The van der Waals surface area contributed by atoms with Crippen LogP contribution >= 0.6 is 11.6 Å². The second kappa shape index (κ2) is 7.71.